The summed E-state index contributed by atoms with van der Waals surface area (Å²) in [5, 5.41) is 0. The molecule has 1 aromatic heterocycles. The largest absolute Gasteiger partial charge is 0.334 e. The van der Waals surface area contributed by atoms with Crippen LogP contribution >= 0.6 is 0 Å². The van der Waals surface area contributed by atoms with E-state index in [2.05, 4.69) is 30.0 Å². The van der Waals surface area contributed by atoms with Crippen molar-refractivity contribution in [1.82, 2.24) is 9.55 Å². The first-order valence-corrected chi connectivity index (χ1v) is 4.16. The van der Waals surface area contributed by atoms with Gasteiger partial charge in [0.25, 0.3) is 0 Å². The summed E-state index contributed by atoms with van der Waals surface area (Å²) >= 11 is 0. The van der Waals surface area contributed by atoms with E-state index in [1.165, 1.54) is 0 Å². The Kier molecular flexibility index (Phi) is 2.36. The van der Waals surface area contributed by atoms with Gasteiger partial charge in [0, 0.05) is 24.4 Å². The van der Waals surface area contributed by atoms with E-state index in [0.29, 0.717) is 0 Å². The van der Waals surface area contributed by atoms with Gasteiger partial charge in [-0.2, -0.15) is 0 Å². The smallest absolute Gasteiger partial charge is 0.105 e. The Balaban J connectivity index is 2.76. The molecule has 0 radical (unpaired) electrons. The van der Waals surface area contributed by atoms with Gasteiger partial charge in [-0.25, -0.2) is 4.98 Å². The molecule has 1 aromatic rings. The van der Waals surface area contributed by atoms with Crippen LogP contribution in [0.4, 0.5) is 0 Å². The monoisotopic (exact) mass is 164 g/mol. The number of aromatic nitrogens is 2. The summed E-state index contributed by atoms with van der Waals surface area (Å²) in [5.74, 6) is 1.06. The normalized spacial score (nSPS) is 11.6. The Bertz CT molecular complexity index is 271. The van der Waals surface area contributed by atoms with Gasteiger partial charge in [0.2, 0.25) is 0 Å². The van der Waals surface area contributed by atoms with E-state index in [0.717, 1.165) is 12.4 Å². The van der Waals surface area contributed by atoms with Gasteiger partial charge in [0.15, 0.2) is 0 Å². The minimum atomic E-state index is 0.144. The molecule has 0 atom stereocenters. The van der Waals surface area contributed by atoms with Crippen molar-refractivity contribution in [1.29, 1.82) is 0 Å². The molecule has 1 rings (SSSR count). The van der Waals surface area contributed by atoms with Gasteiger partial charge in [0.1, 0.15) is 5.82 Å². The topological polar surface area (TPSA) is 17.8 Å². The standard InChI is InChI=1S/C10H16N2/c1-5-10(3,4)8-12-7-6-11-9(12)2/h5-7H,1,8H2,2-4H3. The molecule has 0 saturated heterocycles. The SMILES string of the molecule is C=CC(C)(C)Cn1ccnc1C. The highest BCUT2D eigenvalue weighted by atomic mass is 15.1. The molecule has 0 aliphatic rings. The van der Waals surface area contributed by atoms with E-state index in [4.69, 9.17) is 0 Å². The summed E-state index contributed by atoms with van der Waals surface area (Å²) in [5.41, 5.74) is 0.144. The summed E-state index contributed by atoms with van der Waals surface area (Å²) in [7, 11) is 0. The molecular weight excluding hydrogens is 148 g/mol. The highest BCUT2D eigenvalue weighted by molar-refractivity contribution is 4.94. The number of hydrogen-bond donors (Lipinski definition) is 0. The lowest BCUT2D eigenvalue weighted by molar-refractivity contribution is 0.392. The second kappa shape index (κ2) is 3.13. The van der Waals surface area contributed by atoms with E-state index in [1.807, 2.05) is 25.4 Å². The number of hydrogen-bond acceptors (Lipinski definition) is 1. The lowest BCUT2D eigenvalue weighted by Crippen LogP contribution is -2.17. The quantitative estimate of drug-likeness (QED) is 0.627. The molecule has 0 aliphatic carbocycles. The first-order chi connectivity index (χ1) is 5.55. The fourth-order valence-corrected chi connectivity index (χ4v) is 1.07. The molecule has 1 heterocycles. The Hall–Kier alpha value is -1.05. The van der Waals surface area contributed by atoms with Gasteiger partial charge in [-0.15, -0.1) is 6.58 Å². The van der Waals surface area contributed by atoms with E-state index in [1.54, 1.807) is 0 Å². The molecule has 0 spiro atoms. The van der Waals surface area contributed by atoms with E-state index < -0.39 is 0 Å². The second-order valence-electron chi connectivity index (χ2n) is 3.80. The van der Waals surface area contributed by atoms with Gasteiger partial charge in [-0.3, -0.25) is 0 Å². The zero-order chi connectivity index (χ0) is 9.19. The number of aryl methyl sites for hydroxylation is 1. The van der Waals surface area contributed by atoms with Crippen molar-refractivity contribution in [3.8, 4) is 0 Å². The van der Waals surface area contributed by atoms with Crippen molar-refractivity contribution in [2.24, 2.45) is 5.41 Å². The third-order valence-corrected chi connectivity index (χ3v) is 2.05. The van der Waals surface area contributed by atoms with Crippen molar-refractivity contribution in [2.75, 3.05) is 0 Å². The summed E-state index contributed by atoms with van der Waals surface area (Å²) in [6.07, 6.45) is 5.81. The molecule has 12 heavy (non-hydrogen) atoms. The fourth-order valence-electron chi connectivity index (χ4n) is 1.07. The van der Waals surface area contributed by atoms with E-state index in [-0.39, 0.29) is 5.41 Å². The van der Waals surface area contributed by atoms with Crippen LogP contribution in [0, 0.1) is 12.3 Å². The zero-order valence-electron chi connectivity index (χ0n) is 8.04. The van der Waals surface area contributed by atoms with Crippen LogP contribution in [0.15, 0.2) is 25.0 Å². The molecular formula is C10H16N2. The van der Waals surface area contributed by atoms with Gasteiger partial charge >= 0.3 is 0 Å². The number of nitrogens with zero attached hydrogens (tertiary/aromatic N) is 2. The van der Waals surface area contributed by atoms with Crippen molar-refractivity contribution in [3.63, 3.8) is 0 Å². The van der Waals surface area contributed by atoms with Gasteiger partial charge < -0.3 is 4.57 Å². The molecule has 0 amide bonds. The first kappa shape index (κ1) is 9.04. The Morgan fingerprint density at radius 3 is 2.75 bits per heavy atom. The first-order valence-electron chi connectivity index (χ1n) is 4.16. The lowest BCUT2D eigenvalue weighted by atomic mass is 9.94. The molecule has 0 saturated carbocycles. The molecule has 0 fully saturated rings. The van der Waals surface area contributed by atoms with Crippen LogP contribution in [-0.4, -0.2) is 9.55 Å². The van der Waals surface area contributed by atoms with E-state index in [9.17, 15) is 0 Å². The van der Waals surface area contributed by atoms with E-state index >= 15 is 0 Å². The maximum absolute atomic E-state index is 4.16. The van der Waals surface area contributed by atoms with Crippen LogP contribution < -0.4 is 0 Å². The van der Waals surface area contributed by atoms with Gasteiger partial charge in [-0.05, 0) is 6.92 Å². The summed E-state index contributed by atoms with van der Waals surface area (Å²) < 4.78 is 2.14. The minimum Gasteiger partial charge on any atom is -0.334 e. The Morgan fingerprint density at radius 2 is 2.33 bits per heavy atom. The second-order valence-corrected chi connectivity index (χ2v) is 3.80. The van der Waals surface area contributed by atoms with Crippen molar-refractivity contribution < 1.29 is 0 Å². The van der Waals surface area contributed by atoms with Crippen LogP contribution in [0.1, 0.15) is 19.7 Å². The average molecular weight is 164 g/mol. The Labute approximate surface area is 73.9 Å². The molecule has 2 heteroatoms. The van der Waals surface area contributed by atoms with Crippen LogP contribution in [0.2, 0.25) is 0 Å². The predicted molar refractivity (Wildman–Crippen MR) is 50.9 cm³/mol. The van der Waals surface area contributed by atoms with Crippen LogP contribution in [-0.2, 0) is 6.54 Å². The number of imidazole rings is 1. The summed E-state index contributed by atoms with van der Waals surface area (Å²) in [4.78, 5) is 4.16. The van der Waals surface area contributed by atoms with Crippen molar-refractivity contribution in [3.05, 3.63) is 30.9 Å². The van der Waals surface area contributed by atoms with Crippen LogP contribution in [0.5, 0.6) is 0 Å². The maximum Gasteiger partial charge on any atom is 0.105 e. The third-order valence-electron chi connectivity index (χ3n) is 2.05. The highest BCUT2D eigenvalue weighted by Gasteiger charge is 2.13. The lowest BCUT2D eigenvalue weighted by Gasteiger charge is -2.20. The molecule has 0 aliphatic heterocycles. The highest BCUT2D eigenvalue weighted by Crippen LogP contribution is 2.19. The van der Waals surface area contributed by atoms with Crippen LogP contribution in [0.25, 0.3) is 0 Å². The average Bonchev–Trinajstić information content (AvgIpc) is 2.36. The number of rotatable bonds is 3. The Morgan fingerprint density at radius 1 is 1.67 bits per heavy atom. The van der Waals surface area contributed by atoms with Gasteiger partial charge in [0.05, 0.1) is 0 Å². The van der Waals surface area contributed by atoms with Crippen molar-refractivity contribution in [2.45, 2.75) is 27.3 Å². The molecule has 0 bridgehead atoms. The molecule has 0 unspecified atom stereocenters. The van der Waals surface area contributed by atoms with Crippen molar-refractivity contribution >= 4 is 0 Å². The zero-order valence-corrected chi connectivity index (χ0v) is 8.04. The van der Waals surface area contributed by atoms with Crippen LogP contribution in [0.3, 0.4) is 0 Å². The molecule has 0 aromatic carbocycles. The third kappa shape index (κ3) is 1.97. The molecule has 2 nitrogen and oxygen atoms in total. The summed E-state index contributed by atoms with van der Waals surface area (Å²) in [6.45, 7) is 11.1. The predicted octanol–water partition coefficient (Wildman–Crippen LogP) is 2.40. The minimum absolute atomic E-state index is 0.144. The number of allylic oxidation sites excluding steroid dienone is 1. The maximum atomic E-state index is 4.16. The molecule has 0 N–H and O–H groups in total. The van der Waals surface area contributed by atoms with Gasteiger partial charge in [-0.1, -0.05) is 19.9 Å². The summed E-state index contributed by atoms with van der Waals surface area (Å²) in [6, 6.07) is 0. The fraction of sp³-hybridized carbons (Fsp3) is 0.500. The molecule has 66 valence electrons.